The zero-order chi connectivity index (χ0) is 14.0. The van der Waals surface area contributed by atoms with Gasteiger partial charge in [-0.2, -0.15) is 5.10 Å². The van der Waals surface area contributed by atoms with E-state index in [2.05, 4.69) is 5.10 Å². The minimum atomic E-state index is -0.259. The fraction of sp³-hybridized carbons (Fsp3) is 0.667. The molecule has 0 bridgehead atoms. The molecule has 1 fully saturated rings. The molecule has 1 aromatic heterocycles. The molecule has 106 valence electrons. The fourth-order valence-electron chi connectivity index (χ4n) is 2.11. The first-order valence-corrected chi connectivity index (χ1v) is 6.76. The van der Waals surface area contributed by atoms with Crippen molar-refractivity contribution in [3.05, 3.63) is 21.6 Å². The first-order chi connectivity index (χ1) is 9.04. The summed E-state index contributed by atoms with van der Waals surface area (Å²) < 4.78 is 6.88. The summed E-state index contributed by atoms with van der Waals surface area (Å²) >= 11 is 6.18. The summed E-state index contributed by atoms with van der Waals surface area (Å²) in [6.45, 7) is 6.12. The molecule has 1 unspecified atom stereocenters. The van der Waals surface area contributed by atoms with Gasteiger partial charge in [0.05, 0.1) is 30.6 Å². The van der Waals surface area contributed by atoms with Gasteiger partial charge in [-0.1, -0.05) is 11.6 Å². The first kappa shape index (κ1) is 14.3. The van der Waals surface area contributed by atoms with Gasteiger partial charge in [0.1, 0.15) is 5.02 Å². The van der Waals surface area contributed by atoms with Crippen molar-refractivity contribution in [3.63, 3.8) is 0 Å². The second-order valence-corrected chi connectivity index (χ2v) is 5.24. The zero-order valence-electron chi connectivity index (χ0n) is 11.2. The zero-order valence-corrected chi connectivity index (χ0v) is 11.9. The van der Waals surface area contributed by atoms with E-state index in [4.69, 9.17) is 22.1 Å². The number of aromatic nitrogens is 2. The highest BCUT2D eigenvalue weighted by molar-refractivity contribution is 6.33. The molecule has 6 nitrogen and oxygen atoms in total. The maximum absolute atomic E-state index is 12.1. The highest BCUT2D eigenvalue weighted by Gasteiger charge is 2.23. The fourth-order valence-corrected chi connectivity index (χ4v) is 2.36. The van der Waals surface area contributed by atoms with E-state index in [-0.39, 0.29) is 22.7 Å². The van der Waals surface area contributed by atoms with Crippen molar-refractivity contribution >= 4 is 17.3 Å². The molecular weight excluding hydrogens is 268 g/mol. The minimum Gasteiger partial charge on any atom is -0.373 e. The third kappa shape index (κ3) is 2.91. The average molecular weight is 287 g/mol. The van der Waals surface area contributed by atoms with Gasteiger partial charge < -0.3 is 15.4 Å². The van der Waals surface area contributed by atoms with Crippen LogP contribution in [-0.2, 0) is 4.74 Å². The molecule has 7 heteroatoms. The Hall–Kier alpha value is -1.11. The van der Waals surface area contributed by atoms with Crippen LogP contribution in [-0.4, -0.2) is 42.1 Å². The third-order valence-corrected chi connectivity index (χ3v) is 3.51. The average Bonchev–Trinajstić information content (AvgIpc) is 2.41. The van der Waals surface area contributed by atoms with E-state index in [1.807, 2.05) is 18.7 Å². The molecule has 2 heterocycles. The van der Waals surface area contributed by atoms with Crippen LogP contribution in [0.3, 0.4) is 0 Å². The van der Waals surface area contributed by atoms with Crippen LogP contribution in [0.5, 0.6) is 0 Å². The van der Waals surface area contributed by atoms with Gasteiger partial charge in [0, 0.05) is 19.6 Å². The summed E-state index contributed by atoms with van der Waals surface area (Å²) in [4.78, 5) is 14.1. The van der Waals surface area contributed by atoms with Gasteiger partial charge in [0.25, 0.3) is 5.56 Å². The largest absolute Gasteiger partial charge is 0.373 e. The van der Waals surface area contributed by atoms with Gasteiger partial charge >= 0.3 is 0 Å². The summed E-state index contributed by atoms with van der Waals surface area (Å²) in [7, 11) is 0. The molecule has 1 aliphatic heterocycles. The lowest BCUT2D eigenvalue weighted by Gasteiger charge is -2.34. The number of rotatable bonds is 3. The Morgan fingerprint density at radius 3 is 3.00 bits per heavy atom. The van der Waals surface area contributed by atoms with Crippen molar-refractivity contribution < 1.29 is 4.74 Å². The van der Waals surface area contributed by atoms with E-state index >= 15 is 0 Å². The van der Waals surface area contributed by atoms with Crippen LogP contribution in [0, 0.1) is 0 Å². The molecule has 2 N–H and O–H groups in total. The molecule has 2 rings (SSSR count). The highest BCUT2D eigenvalue weighted by atomic mass is 35.5. The normalized spacial score (nSPS) is 20.1. The van der Waals surface area contributed by atoms with Gasteiger partial charge in [0.15, 0.2) is 0 Å². The number of nitrogens with zero attached hydrogens (tertiary/aromatic N) is 3. The second-order valence-electron chi connectivity index (χ2n) is 4.86. The number of halogens is 1. The number of morpholine rings is 1. The molecule has 1 atom stereocenters. The van der Waals surface area contributed by atoms with E-state index in [0.29, 0.717) is 31.9 Å². The molecule has 0 aromatic carbocycles. The summed E-state index contributed by atoms with van der Waals surface area (Å²) in [5, 5.41) is 4.38. The quantitative estimate of drug-likeness (QED) is 0.883. The molecule has 0 spiro atoms. The van der Waals surface area contributed by atoms with E-state index in [9.17, 15) is 4.79 Å². The predicted octanol–water partition coefficient (Wildman–Crippen LogP) is 0.641. The van der Waals surface area contributed by atoms with Crippen molar-refractivity contribution in [1.29, 1.82) is 0 Å². The van der Waals surface area contributed by atoms with E-state index < -0.39 is 0 Å². The van der Waals surface area contributed by atoms with Crippen molar-refractivity contribution in [2.75, 3.05) is 31.1 Å². The molecule has 19 heavy (non-hydrogen) atoms. The van der Waals surface area contributed by atoms with Gasteiger partial charge in [-0.25, -0.2) is 4.68 Å². The van der Waals surface area contributed by atoms with Crippen molar-refractivity contribution in [2.24, 2.45) is 5.73 Å². The second kappa shape index (κ2) is 5.90. The lowest BCUT2D eigenvalue weighted by Crippen LogP contribution is -2.46. The number of ether oxygens (including phenoxy) is 1. The van der Waals surface area contributed by atoms with Crippen LogP contribution in [0.1, 0.15) is 19.9 Å². The Balaban J connectivity index is 2.30. The lowest BCUT2D eigenvalue weighted by molar-refractivity contribution is 0.0465. The topological polar surface area (TPSA) is 73.4 Å². The molecule has 0 amide bonds. The van der Waals surface area contributed by atoms with Crippen LogP contribution >= 0.6 is 11.6 Å². The Morgan fingerprint density at radius 1 is 1.63 bits per heavy atom. The molecule has 1 aromatic rings. The Morgan fingerprint density at radius 2 is 2.37 bits per heavy atom. The summed E-state index contributed by atoms with van der Waals surface area (Å²) in [6, 6.07) is -0.0134. The highest BCUT2D eigenvalue weighted by Crippen LogP contribution is 2.23. The third-order valence-electron chi connectivity index (χ3n) is 3.16. The number of hydrogen-bond donors (Lipinski definition) is 1. The Kier molecular flexibility index (Phi) is 4.44. The molecule has 0 saturated carbocycles. The van der Waals surface area contributed by atoms with E-state index in [1.165, 1.54) is 4.68 Å². The molecule has 1 aliphatic rings. The van der Waals surface area contributed by atoms with E-state index in [1.54, 1.807) is 6.20 Å². The van der Waals surface area contributed by atoms with Crippen LogP contribution in [0.25, 0.3) is 0 Å². The minimum absolute atomic E-state index is 0.0134. The Labute approximate surface area is 117 Å². The number of nitrogens with two attached hydrogens (primary N) is 1. The summed E-state index contributed by atoms with van der Waals surface area (Å²) in [5.41, 5.74) is 6.01. The predicted molar refractivity (Wildman–Crippen MR) is 74.9 cm³/mol. The molecule has 0 aliphatic carbocycles. The maximum atomic E-state index is 12.1. The standard InChI is InChI=1S/C12H19ClN4O2/c1-8(2)17-12(18)11(13)10(6-15-17)16-3-4-19-9(5-14)7-16/h6,8-9H,3-5,7,14H2,1-2H3. The van der Waals surface area contributed by atoms with Gasteiger partial charge in [-0.05, 0) is 13.8 Å². The number of anilines is 1. The summed E-state index contributed by atoms with van der Waals surface area (Å²) in [5.74, 6) is 0. The van der Waals surface area contributed by atoms with Crippen molar-refractivity contribution in [2.45, 2.75) is 26.0 Å². The van der Waals surface area contributed by atoms with E-state index in [0.717, 1.165) is 0 Å². The summed E-state index contributed by atoms with van der Waals surface area (Å²) in [6.07, 6.45) is 1.61. The SMILES string of the molecule is CC(C)n1ncc(N2CCOC(CN)C2)c(Cl)c1=O. The molecule has 0 radical (unpaired) electrons. The first-order valence-electron chi connectivity index (χ1n) is 6.38. The number of hydrogen-bond acceptors (Lipinski definition) is 5. The van der Waals surface area contributed by atoms with Crippen LogP contribution < -0.4 is 16.2 Å². The van der Waals surface area contributed by atoms with Crippen molar-refractivity contribution in [1.82, 2.24) is 9.78 Å². The lowest BCUT2D eigenvalue weighted by atomic mass is 10.2. The van der Waals surface area contributed by atoms with Crippen molar-refractivity contribution in [3.8, 4) is 0 Å². The Bertz CT molecular complexity index is 503. The molecular formula is C12H19ClN4O2. The van der Waals surface area contributed by atoms with Gasteiger partial charge in [-0.15, -0.1) is 0 Å². The smallest absolute Gasteiger partial charge is 0.287 e. The van der Waals surface area contributed by atoms with Crippen LogP contribution in [0.15, 0.2) is 11.0 Å². The van der Waals surface area contributed by atoms with Crippen LogP contribution in [0.2, 0.25) is 5.02 Å². The van der Waals surface area contributed by atoms with Gasteiger partial charge in [0.2, 0.25) is 0 Å². The monoisotopic (exact) mass is 286 g/mol. The van der Waals surface area contributed by atoms with Gasteiger partial charge in [-0.3, -0.25) is 4.79 Å². The maximum Gasteiger partial charge on any atom is 0.287 e. The van der Waals surface area contributed by atoms with Crippen LogP contribution in [0.4, 0.5) is 5.69 Å². The molecule has 1 saturated heterocycles.